The number of carbonyl (C=O) groups is 1. The molecule has 1 N–H and O–H groups in total. The molecule has 34 heavy (non-hydrogen) atoms. The third-order valence-corrected chi connectivity index (χ3v) is 7.38. The van der Waals surface area contributed by atoms with Crippen LogP contribution in [0.4, 0.5) is 11.4 Å². The van der Waals surface area contributed by atoms with Crippen molar-refractivity contribution in [3.8, 4) is 5.75 Å². The number of piperazine rings is 1. The number of fused-ring (bicyclic) bond motifs is 2. The van der Waals surface area contributed by atoms with Crippen LogP contribution < -0.4 is 14.5 Å². The summed E-state index contributed by atoms with van der Waals surface area (Å²) in [5, 5.41) is 11.6. The number of anilines is 2. The van der Waals surface area contributed by atoms with E-state index in [0.717, 1.165) is 11.4 Å². The first kappa shape index (κ1) is 23.5. The third-order valence-electron chi connectivity index (χ3n) is 6.82. The number of morpholine rings is 1. The summed E-state index contributed by atoms with van der Waals surface area (Å²) in [6, 6.07) is 12.9. The second kappa shape index (κ2) is 9.82. The van der Waals surface area contributed by atoms with Crippen LogP contribution in [0.5, 0.6) is 5.75 Å². The Hall–Kier alpha value is -2.19. The second-order valence-corrected chi connectivity index (χ2v) is 9.92. The minimum absolute atomic E-state index is 0.0300. The molecule has 3 heterocycles. The summed E-state index contributed by atoms with van der Waals surface area (Å²) in [7, 11) is 0. The molecule has 182 valence electrons. The van der Waals surface area contributed by atoms with Gasteiger partial charge in [-0.2, -0.15) is 0 Å². The highest BCUT2D eigenvalue weighted by Gasteiger charge is 2.44. The summed E-state index contributed by atoms with van der Waals surface area (Å²) < 4.78 is 11.6. The molecule has 3 aliphatic heterocycles. The molecule has 7 nitrogen and oxygen atoms in total. The highest BCUT2D eigenvalue weighted by molar-refractivity contribution is 6.32. The fraction of sp³-hybridized carbons (Fsp3) is 0.480. The fourth-order valence-electron chi connectivity index (χ4n) is 5.36. The van der Waals surface area contributed by atoms with Crippen molar-refractivity contribution in [2.45, 2.75) is 37.6 Å². The van der Waals surface area contributed by atoms with E-state index in [1.54, 1.807) is 0 Å². The minimum atomic E-state index is -0.542. The normalized spacial score (nSPS) is 26.6. The Balaban J connectivity index is 1.35. The molecule has 0 radical (unpaired) electrons. The lowest BCUT2D eigenvalue weighted by Crippen LogP contribution is -2.67. The van der Waals surface area contributed by atoms with Gasteiger partial charge in [0.1, 0.15) is 11.8 Å². The summed E-state index contributed by atoms with van der Waals surface area (Å²) >= 11 is 12.4. The van der Waals surface area contributed by atoms with Crippen LogP contribution >= 0.6 is 23.2 Å². The second-order valence-electron chi connectivity index (χ2n) is 9.08. The predicted octanol–water partition coefficient (Wildman–Crippen LogP) is 3.45. The van der Waals surface area contributed by atoms with Crippen LogP contribution in [0.2, 0.25) is 10.0 Å². The summed E-state index contributed by atoms with van der Waals surface area (Å²) in [6.07, 6.45) is -0.123. The molecule has 1 amide bonds. The van der Waals surface area contributed by atoms with Crippen molar-refractivity contribution in [3.05, 3.63) is 52.5 Å². The number of carbonyl (C=O) groups excluding carboxylic acids is 1. The minimum Gasteiger partial charge on any atom is -0.492 e. The van der Waals surface area contributed by atoms with E-state index in [4.69, 9.17) is 32.7 Å². The van der Waals surface area contributed by atoms with Gasteiger partial charge in [0, 0.05) is 48.5 Å². The van der Waals surface area contributed by atoms with Crippen molar-refractivity contribution < 1.29 is 19.4 Å². The Morgan fingerprint density at radius 3 is 2.41 bits per heavy atom. The maximum atomic E-state index is 13.7. The molecule has 9 heteroatoms. The molecule has 0 saturated carbocycles. The number of benzene rings is 2. The molecular formula is C25H29Cl2N3O4. The van der Waals surface area contributed by atoms with Gasteiger partial charge in [-0.15, -0.1) is 0 Å². The lowest BCUT2D eigenvalue weighted by molar-refractivity contribution is -0.136. The Labute approximate surface area is 209 Å². The first-order chi connectivity index (χ1) is 16.4. The first-order valence-corrected chi connectivity index (χ1v) is 12.5. The number of rotatable bonds is 5. The maximum absolute atomic E-state index is 13.7. The molecule has 3 saturated heterocycles. The van der Waals surface area contributed by atoms with Crippen LogP contribution in [0, 0.1) is 0 Å². The molecule has 0 aliphatic carbocycles. The quantitative estimate of drug-likeness (QED) is 0.671. The number of ether oxygens (including phenoxy) is 2. The van der Waals surface area contributed by atoms with Crippen molar-refractivity contribution in [1.29, 1.82) is 0 Å². The van der Waals surface area contributed by atoms with E-state index in [1.807, 2.05) is 59.2 Å². The Kier molecular flexibility index (Phi) is 6.80. The van der Waals surface area contributed by atoms with Gasteiger partial charge >= 0.3 is 0 Å². The SMILES string of the molecule is CCOc1cc(N2[C@@H]3COC[C@H]2CN(C(=O)[C@H]2C[C@H](O)CN2c2ccc(Cl)cc2)C3)ccc1Cl. The molecule has 0 spiro atoms. The molecule has 2 aromatic carbocycles. The molecule has 4 atom stereocenters. The number of nitrogens with zero attached hydrogens (tertiary/aromatic N) is 3. The number of amides is 1. The summed E-state index contributed by atoms with van der Waals surface area (Å²) in [5.74, 6) is 0.715. The highest BCUT2D eigenvalue weighted by atomic mass is 35.5. The van der Waals surface area contributed by atoms with Gasteiger partial charge in [-0.1, -0.05) is 23.2 Å². The van der Waals surface area contributed by atoms with E-state index in [1.165, 1.54) is 0 Å². The lowest BCUT2D eigenvalue weighted by atomic mass is 10.0. The van der Waals surface area contributed by atoms with E-state index < -0.39 is 12.1 Å². The van der Waals surface area contributed by atoms with Crippen LogP contribution in [0.15, 0.2) is 42.5 Å². The van der Waals surface area contributed by atoms with Crippen LogP contribution in [-0.2, 0) is 9.53 Å². The van der Waals surface area contributed by atoms with Gasteiger partial charge in [0.05, 0.1) is 43.0 Å². The van der Waals surface area contributed by atoms with Gasteiger partial charge in [-0.05, 0) is 43.3 Å². The van der Waals surface area contributed by atoms with Crippen molar-refractivity contribution in [2.24, 2.45) is 0 Å². The Morgan fingerprint density at radius 2 is 1.74 bits per heavy atom. The average molecular weight is 506 g/mol. The standard InChI is InChI=1S/C25H29Cl2N3O4/c1-2-34-24-9-18(7-8-22(24)27)30-19-11-28(12-20(30)15-33-14-19)25(32)23-10-21(31)13-29(23)17-5-3-16(26)4-6-17/h3-9,19-21,23,31H,2,10-15H2,1H3/t19-,20+,21-,23+/m0/s1. The molecule has 0 aromatic heterocycles. The van der Waals surface area contributed by atoms with Gasteiger partial charge in [0.25, 0.3) is 0 Å². The maximum Gasteiger partial charge on any atom is 0.245 e. The predicted molar refractivity (Wildman–Crippen MR) is 133 cm³/mol. The number of β-amino-alcohol motifs (C(OH)–C–C–N with tert-alkyl or cyclic N) is 1. The van der Waals surface area contributed by atoms with Crippen molar-refractivity contribution in [3.63, 3.8) is 0 Å². The molecule has 2 aromatic rings. The molecule has 3 fully saturated rings. The Morgan fingerprint density at radius 1 is 1.06 bits per heavy atom. The van der Waals surface area contributed by atoms with Crippen molar-refractivity contribution in [2.75, 3.05) is 49.3 Å². The zero-order chi connectivity index (χ0) is 23.8. The summed E-state index contributed by atoms with van der Waals surface area (Å²) in [4.78, 5) is 20.0. The highest BCUT2D eigenvalue weighted by Crippen LogP contribution is 2.35. The van der Waals surface area contributed by atoms with E-state index in [2.05, 4.69) is 4.90 Å². The average Bonchev–Trinajstić information content (AvgIpc) is 3.21. The van der Waals surface area contributed by atoms with Crippen LogP contribution in [0.3, 0.4) is 0 Å². The smallest absolute Gasteiger partial charge is 0.245 e. The topological polar surface area (TPSA) is 65.5 Å². The van der Waals surface area contributed by atoms with Gasteiger partial charge < -0.3 is 29.3 Å². The third kappa shape index (κ3) is 4.54. The molecule has 3 aliphatic rings. The molecular weight excluding hydrogens is 477 g/mol. The van der Waals surface area contributed by atoms with Crippen molar-refractivity contribution >= 4 is 40.5 Å². The number of aliphatic hydroxyl groups is 1. The monoisotopic (exact) mass is 505 g/mol. The number of hydrogen-bond acceptors (Lipinski definition) is 6. The van der Waals surface area contributed by atoms with E-state index in [-0.39, 0.29) is 18.0 Å². The van der Waals surface area contributed by atoms with Gasteiger partial charge in [-0.3, -0.25) is 4.79 Å². The van der Waals surface area contributed by atoms with E-state index >= 15 is 0 Å². The van der Waals surface area contributed by atoms with Crippen LogP contribution in [0.25, 0.3) is 0 Å². The van der Waals surface area contributed by atoms with Crippen LogP contribution in [-0.4, -0.2) is 79.6 Å². The number of aliphatic hydroxyl groups excluding tert-OH is 1. The zero-order valence-corrected chi connectivity index (χ0v) is 20.6. The Bertz CT molecular complexity index is 1020. The van der Waals surface area contributed by atoms with Gasteiger partial charge in [0.2, 0.25) is 5.91 Å². The van der Waals surface area contributed by atoms with Gasteiger partial charge in [-0.25, -0.2) is 0 Å². The van der Waals surface area contributed by atoms with Crippen molar-refractivity contribution in [1.82, 2.24) is 4.90 Å². The van der Waals surface area contributed by atoms with Gasteiger partial charge in [0.15, 0.2) is 0 Å². The summed E-state index contributed by atoms with van der Waals surface area (Å²) in [6.45, 7) is 5.11. The zero-order valence-electron chi connectivity index (χ0n) is 19.1. The first-order valence-electron chi connectivity index (χ1n) is 11.7. The lowest BCUT2D eigenvalue weighted by Gasteiger charge is -2.51. The number of halogens is 2. The molecule has 2 bridgehead atoms. The molecule has 5 rings (SSSR count). The van der Waals surface area contributed by atoms with E-state index in [9.17, 15) is 9.90 Å². The van der Waals surface area contributed by atoms with Crippen LogP contribution in [0.1, 0.15) is 13.3 Å². The molecule has 0 unspecified atom stereocenters. The number of hydrogen-bond donors (Lipinski definition) is 1. The van der Waals surface area contributed by atoms with E-state index in [0.29, 0.717) is 61.7 Å². The largest absolute Gasteiger partial charge is 0.492 e. The summed E-state index contributed by atoms with van der Waals surface area (Å²) in [5.41, 5.74) is 1.92. The fourth-order valence-corrected chi connectivity index (χ4v) is 5.66.